The van der Waals surface area contributed by atoms with Gasteiger partial charge in [0.15, 0.2) is 0 Å². The predicted octanol–water partition coefficient (Wildman–Crippen LogP) is 2.34. The molecule has 0 atom stereocenters. The Balaban J connectivity index is 2.19. The zero-order chi connectivity index (χ0) is 16.1. The maximum atomic E-state index is 10.7. The molecule has 0 spiro atoms. The number of likely N-dealkylation sites (N-methyl/N-ethyl adjacent to an activating group) is 1. The van der Waals surface area contributed by atoms with Crippen molar-refractivity contribution in [2.75, 3.05) is 27.8 Å². The number of ether oxygens (including phenoxy) is 2. The minimum atomic E-state index is -0.852. The summed E-state index contributed by atoms with van der Waals surface area (Å²) in [6.45, 7) is 0.472. The van der Waals surface area contributed by atoms with E-state index in [2.05, 4.69) is 4.98 Å². The molecule has 2 aromatic rings. The molecule has 0 radical (unpaired) electrons. The first-order chi connectivity index (χ1) is 10.5. The Hall–Kier alpha value is -2.12. The van der Waals surface area contributed by atoms with Crippen LogP contribution in [0.4, 0.5) is 0 Å². The average Bonchev–Trinajstić information content (AvgIpc) is 2.93. The second-order valence-electron chi connectivity index (χ2n) is 4.78. The van der Waals surface area contributed by atoms with Crippen LogP contribution >= 0.6 is 11.3 Å². The Kier molecular flexibility index (Phi) is 5.35. The lowest BCUT2D eigenvalue weighted by atomic mass is 10.2. The van der Waals surface area contributed by atoms with Crippen molar-refractivity contribution in [1.82, 2.24) is 9.88 Å². The van der Waals surface area contributed by atoms with Gasteiger partial charge < -0.3 is 14.6 Å². The van der Waals surface area contributed by atoms with E-state index in [1.165, 1.54) is 11.3 Å². The molecule has 0 aliphatic heterocycles. The molecule has 7 heteroatoms. The summed E-state index contributed by atoms with van der Waals surface area (Å²) in [7, 11) is 4.96. The molecule has 0 aliphatic carbocycles. The molecular formula is C15H18N2O4S. The summed E-state index contributed by atoms with van der Waals surface area (Å²) in [5.74, 6) is 0.562. The zero-order valence-electron chi connectivity index (χ0n) is 12.7. The number of benzene rings is 1. The van der Waals surface area contributed by atoms with Crippen molar-refractivity contribution in [3.63, 3.8) is 0 Å². The SMILES string of the molecule is COc1ccc(-c2nc(CN(C)CC(=O)O)cs2)c(OC)c1. The molecule has 0 aliphatic rings. The van der Waals surface area contributed by atoms with E-state index in [4.69, 9.17) is 14.6 Å². The molecule has 0 unspecified atom stereocenters. The molecule has 1 N–H and O–H groups in total. The highest BCUT2D eigenvalue weighted by Crippen LogP contribution is 2.35. The highest BCUT2D eigenvalue weighted by atomic mass is 32.1. The monoisotopic (exact) mass is 322 g/mol. The summed E-state index contributed by atoms with van der Waals surface area (Å²) >= 11 is 1.50. The van der Waals surface area contributed by atoms with Gasteiger partial charge in [0.25, 0.3) is 0 Å². The number of methoxy groups -OCH3 is 2. The molecule has 1 heterocycles. The van der Waals surface area contributed by atoms with Crippen LogP contribution in [0.15, 0.2) is 23.6 Å². The minimum Gasteiger partial charge on any atom is -0.497 e. The number of aliphatic carboxylic acids is 1. The third-order valence-electron chi connectivity index (χ3n) is 3.03. The second-order valence-corrected chi connectivity index (χ2v) is 5.63. The van der Waals surface area contributed by atoms with E-state index in [1.807, 2.05) is 23.6 Å². The molecule has 1 aromatic carbocycles. The summed E-state index contributed by atoms with van der Waals surface area (Å²) in [4.78, 5) is 16.9. The normalized spacial score (nSPS) is 10.7. The number of carbonyl (C=O) groups is 1. The van der Waals surface area contributed by atoms with E-state index < -0.39 is 5.97 Å². The van der Waals surface area contributed by atoms with Crippen LogP contribution in [0.5, 0.6) is 11.5 Å². The predicted molar refractivity (Wildman–Crippen MR) is 84.6 cm³/mol. The van der Waals surface area contributed by atoms with Crippen molar-refractivity contribution < 1.29 is 19.4 Å². The summed E-state index contributed by atoms with van der Waals surface area (Å²) in [6, 6.07) is 5.57. The Morgan fingerprint density at radius 1 is 1.36 bits per heavy atom. The fourth-order valence-corrected chi connectivity index (χ4v) is 2.88. The summed E-state index contributed by atoms with van der Waals surface area (Å²) < 4.78 is 10.6. The fourth-order valence-electron chi connectivity index (χ4n) is 2.04. The first-order valence-corrected chi connectivity index (χ1v) is 7.48. The van der Waals surface area contributed by atoms with E-state index in [9.17, 15) is 4.79 Å². The largest absolute Gasteiger partial charge is 0.497 e. The van der Waals surface area contributed by atoms with Crippen LogP contribution < -0.4 is 9.47 Å². The van der Waals surface area contributed by atoms with Crippen molar-refractivity contribution in [3.8, 4) is 22.1 Å². The Morgan fingerprint density at radius 3 is 2.77 bits per heavy atom. The van der Waals surface area contributed by atoms with E-state index in [-0.39, 0.29) is 6.54 Å². The van der Waals surface area contributed by atoms with E-state index >= 15 is 0 Å². The van der Waals surface area contributed by atoms with Crippen molar-refractivity contribution in [2.45, 2.75) is 6.54 Å². The van der Waals surface area contributed by atoms with Gasteiger partial charge in [-0.3, -0.25) is 9.69 Å². The highest BCUT2D eigenvalue weighted by molar-refractivity contribution is 7.13. The standard InChI is InChI=1S/C15H18N2O4S/c1-17(8-14(18)19)7-10-9-22-15(16-10)12-5-4-11(20-2)6-13(12)21-3/h4-6,9H,7-8H2,1-3H3,(H,18,19). The quantitative estimate of drug-likeness (QED) is 0.843. The van der Waals surface area contributed by atoms with Crippen LogP contribution in [-0.4, -0.2) is 48.8 Å². The van der Waals surface area contributed by atoms with Gasteiger partial charge in [0.1, 0.15) is 16.5 Å². The number of hydrogen-bond acceptors (Lipinski definition) is 6. The minimum absolute atomic E-state index is 0.0152. The number of hydrogen-bond donors (Lipinski definition) is 1. The smallest absolute Gasteiger partial charge is 0.317 e. The molecule has 118 valence electrons. The van der Waals surface area contributed by atoms with Crippen LogP contribution in [0.1, 0.15) is 5.69 Å². The van der Waals surface area contributed by atoms with Crippen molar-refractivity contribution >= 4 is 17.3 Å². The molecule has 0 amide bonds. The molecular weight excluding hydrogens is 304 g/mol. The zero-order valence-corrected chi connectivity index (χ0v) is 13.5. The third kappa shape index (κ3) is 3.96. The summed E-state index contributed by atoms with van der Waals surface area (Å²) in [5, 5.41) is 11.5. The van der Waals surface area contributed by atoms with Crippen LogP contribution in [-0.2, 0) is 11.3 Å². The number of carboxylic acids is 1. The lowest BCUT2D eigenvalue weighted by molar-refractivity contribution is -0.138. The van der Waals surface area contributed by atoms with Gasteiger partial charge >= 0.3 is 5.97 Å². The molecule has 1 aromatic heterocycles. The Labute approximate surface area is 132 Å². The van der Waals surface area contributed by atoms with Crippen molar-refractivity contribution in [3.05, 3.63) is 29.3 Å². The maximum absolute atomic E-state index is 10.7. The van der Waals surface area contributed by atoms with Gasteiger partial charge in [-0.25, -0.2) is 4.98 Å². The van der Waals surface area contributed by atoms with Gasteiger partial charge in [0, 0.05) is 18.0 Å². The number of rotatable bonds is 7. The molecule has 22 heavy (non-hydrogen) atoms. The van der Waals surface area contributed by atoms with Gasteiger partial charge in [-0.1, -0.05) is 0 Å². The number of carboxylic acid groups (broad SMARTS) is 1. The van der Waals surface area contributed by atoms with Gasteiger partial charge in [0.2, 0.25) is 0 Å². The lowest BCUT2D eigenvalue weighted by Gasteiger charge is -2.11. The van der Waals surface area contributed by atoms with E-state index in [1.54, 1.807) is 26.2 Å². The van der Waals surface area contributed by atoms with Gasteiger partial charge in [-0.15, -0.1) is 11.3 Å². The van der Waals surface area contributed by atoms with Crippen LogP contribution in [0.2, 0.25) is 0 Å². The topological polar surface area (TPSA) is 71.9 Å². The molecule has 0 saturated carbocycles. The maximum Gasteiger partial charge on any atom is 0.317 e. The molecule has 6 nitrogen and oxygen atoms in total. The lowest BCUT2D eigenvalue weighted by Crippen LogP contribution is -2.25. The highest BCUT2D eigenvalue weighted by Gasteiger charge is 2.13. The third-order valence-corrected chi connectivity index (χ3v) is 3.95. The second kappa shape index (κ2) is 7.24. The first kappa shape index (κ1) is 16.3. The Morgan fingerprint density at radius 2 is 2.14 bits per heavy atom. The Bertz CT molecular complexity index is 657. The van der Waals surface area contributed by atoms with E-state index in [0.717, 1.165) is 22.0 Å². The molecule has 2 rings (SSSR count). The van der Waals surface area contributed by atoms with Gasteiger partial charge in [0.05, 0.1) is 32.0 Å². The van der Waals surface area contributed by atoms with Crippen molar-refractivity contribution in [2.24, 2.45) is 0 Å². The first-order valence-electron chi connectivity index (χ1n) is 6.60. The van der Waals surface area contributed by atoms with Crippen LogP contribution in [0.25, 0.3) is 10.6 Å². The van der Waals surface area contributed by atoms with Crippen LogP contribution in [0, 0.1) is 0 Å². The summed E-state index contributed by atoms with van der Waals surface area (Å²) in [6.07, 6.45) is 0. The summed E-state index contributed by atoms with van der Waals surface area (Å²) in [5.41, 5.74) is 1.72. The van der Waals surface area contributed by atoms with Crippen molar-refractivity contribution in [1.29, 1.82) is 0 Å². The van der Waals surface area contributed by atoms with Gasteiger partial charge in [-0.2, -0.15) is 0 Å². The van der Waals surface area contributed by atoms with Gasteiger partial charge in [-0.05, 0) is 19.2 Å². The molecule has 0 bridgehead atoms. The van der Waals surface area contributed by atoms with E-state index in [0.29, 0.717) is 12.3 Å². The molecule has 0 saturated heterocycles. The molecule has 0 fully saturated rings. The fraction of sp³-hybridized carbons (Fsp3) is 0.333. The van der Waals surface area contributed by atoms with Crippen LogP contribution in [0.3, 0.4) is 0 Å². The number of thiazole rings is 1. The average molecular weight is 322 g/mol. The number of aromatic nitrogens is 1. The number of nitrogens with zero attached hydrogens (tertiary/aromatic N) is 2.